The lowest BCUT2D eigenvalue weighted by Crippen LogP contribution is -2.55. The number of hydrogen-bond donors (Lipinski definition) is 1. The summed E-state index contributed by atoms with van der Waals surface area (Å²) in [5, 5.41) is 10.7. The Balaban J connectivity index is 1.63. The zero-order valence-electron chi connectivity index (χ0n) is 23.8. The van der Waals surface area contributed by atoms with E-state index in [2.05, 4.69) is 20.1 Å². The molecule has 1 N–H and O–H groups in total. The minimum absolute atomic E-state index is 0.0969. The van der Waals surface area contributed by atoms with Gasteiger partial charge in [-0.25, -0.2) is 0 Å². The van der Waals surface area contributed by atoms with Gasteiger partial charge in [-0.3, -0.25) is 14.4 Å². The van der Waals surface area contributed by atoms with Gasteiger partial charge in [-0.15, -0.1) is 24.9 Å². The van der Waals surface area contributed by atoms with Gasteiger partial charge in [-0.2, -0.15) is 0 Å². The SMILES string of the molecule is C=CCN(C)C(=O)[C@H]1[C@H]2C(=O)N([C@H](CO)c3ccccc3)C(C(=O)N(CC=C)Cc3ccccc3)C23CC[C@]1(C)S3. The molecule has 2 aromatic carbocycles. The van der Waals surface area contributed by atoms with Crippen molar-refractivity contribution in [2.75, 3.05) is 26.7 Å². The van der Waals surface area contributed by atoms with Crippen LogP contribution in [0.5, 0.6) is 0 Å². The molecule has 5 rings (SSSR count). The van der Waals surface area contributed by atoms with Crippen molar-refractivity contribution in [1.82, 2.24) is 14.7 Å². The molecule has 0 aromatic heterocycles. The van der Waals surface area contributed by atoms with E-state index in [1.165, 1.54) is 0 Å². The second kappa shape index (κ2) is 11.5. The van der Waals surface area contributed by atoms with Crippen LogP contribution in [0.2, 0.25) is 0 Å². The number of amides is 3. The Morgan fingerprint density at radius 1 is 1.05 bits per heavy atom. The van der Waals surface area contributed by atoms with E-state index in [1.807, 2.05) is 60.7 Å². The maximum absolute atomic E-state index is 14.8. The second-order valence-electron chi connectivity index (χ2n) is 11.6. The van der Waals surface area contributed by atoms with Crippen LogP contribution in [0.15, 0.2) is 86.0 Å². The first-order chi connectivity index (χ1) is 19.7. The quantitative estimate of drug-likeness (QED) is 0.410. The molecular weight excluding hydrogens is 534 g/mol. The van der Waals surface area contributed by atoms with Crippen LogP contribution in [0.3, 0.4) is 0 Å². The summed E-state index contributed by atoms with van der Waals surface area (Å²) in [5.41, 5.74) is 1.73. The van der Waals surface area contributed by atoms with E-state index in [9.17, 15) is 19.5 Å². The molecule has 0 radical (unpaired) electrons. The van der Waals surface area contributed by atoms with Gasteiger partial charge in [0.2, 0.25) is 17.7 Å². The third kappa shape index (κ3) is 4.81. The average Bonchev–Trinajstić information content (AvgIpc) is 3.55. The molecule has 0 aliphatic carbocycles. The highest BCUT2D eigenvalue weighted by Gasteiger charge is 2.78. The molecule has 8 heteroatoms. The lowest BCUT2D eigenvalue weighted by Gasteiger charge is -2.39. The summed E-state index contributed by atoms with van der Waals surface area (Å²) in [7, 11) is 1.74. The second-order valence-corrected chi connectivity index (χ2v) is 13.5. The molecule has 2 bridgehead atoms. The Kier molecular flexibility index (Phi) is 8.17. The van der Waals surface area contributed by atoms with Crippen molar-refractivity contribution in [3.8, 4) is 0 Å². The van der Waals surface area contributed by atoms with Gasteiger partial charge < -0.3 is 19.8 Å². The smallest absolute Gasteiger partial charge is 0.247 e. The van der Waals surface area contributed by atoms with Crippen molar-refractivity contribution in [3.05, 3.63) is 97.1 Å². The monoisotopic (exact) mass is 573 g/mol. The summed E-state index contributed by atoms with van der Waals surface area (Å²) in [6.45, 7) is 10.5. The van der Waals surface area contributed by atoms with E-state index in [0.29, 0.717) is 26.1 Å². The van der Waals surface area contributed by atoms with E-state index >= 15 is 0 Å². The minimum atomic E-state index is -0.838. The molecule has 3 fully saturated rings. The molecule has 7 nitrogen and oxygen atoms in total. The summed E-state index contributed by atoms with van der Waals surface area (Å²) < 4.78 is -1.25. The van der Waals surface area contributed by atoms with Gasteiger partial charge in [-0.1, -0.05) is 72.8 Å². The number of carbonyl (C=O) groups is 3. The molecule has 2 unspecified atom stereocenters. The number of aliphatic hydroxyl groups is 1. The molecule has 41 heavy (non-hydrogen) atoms. The molecular formula is C33H39N3O4S. The van der Waals surface area contributed by atoms with Crippen LogP contribution in [0.4, 0.5) is 0 Å². The summed E-state index contributed by atoms with van der Waals surface area (Å²) in [4.78, 5) is 48.3. The van der Waals surface area contributed by atoms with Crippen LogP contribution in [0.25, 0.3) is 0 Å². The van der Waals surface area contributed by atoms with Gasteiger partial charge >= 0.3 is 0 Å². The molecule has 2 aromatic rings. The van der Waals surface area contributed by atoms with Crippen molar-refractivity contribution >= 4 is 29.5 Å². The maximum atomic E-state index is 14.8. The zero-order valence-corrected chi connectivity index (χ0v) is 24.6. The average molecular weight is 574 g/mol. The lowest BCUT2D eigenvalue weighted by atomic mass is 9.66. The van der Waals surface area contributed by atoms with Gasteiger partial charge in [0.05, 0.1) is 29.2 Å². The minimum Gasteiger partial charge on any atom is -0.394 e. The third-order valence-corrected chi connectivity index (χ3v) is 11.0. The van der Waals surface area contributed by atoms with Gasteiger partial charge in [0.25, 0.3) is 0 Å². The van der Waals surface area contributed by atoms with Crippen molar-refractivity contribution in [2.24, 2.45) is 11.8 Å². The number of likely N-dealkylation sites (tertiary alicyclic amines) is 1. The summed E-state index contributed by atoms with van der Waals surface area (Å²) in [5.74, 6) is -1.74. The first kappa shape index (κ1) is 29.1. The maximum Gasteiger partial charge on any atom is 0.247 e. The summed E-state index contributed by atoms with van der Waals surface area (Å²) in [6, 6.07) is 17.6. The topological polar surface area (TPSA) is 81.2 Å². The van der Waals surface area contributed by atoms with Crippen LogP contribution in [-0.4, -0.2) is 79.8 Å². The molecule has 3 saturated heterocycles. The van der Waals surface area contributed by atoms with Gasteiger partial charge in [-0.05, 0) is 30.9 Å². The highest BCUT2D eigenvalue weighted by Crippen LogP contribution is 2.72. The Morgan fingerprint density at radius 3 is 2.29 bits per heavy atom. The number of likely N-dealkylation sites (N-methyl/N-ethyl adjacent to an activating group) is 1. The van der Waals surface area contributed by atoms with Crippen LogP contribution >= 0.6 is 11.8 Å². The van der Waals surface area contributed by atoms with E-state index in [-0.39, 0.29) is 24.3 Å². The van der Waals surface area contributed by atoms with E-state index in [0.717, 1.165) is 17.5 Å². The normalized spacial score (nSPS) is 28.7. The van der Waals surface area contributed by atoms with E-state index < -0.39 is 33.4 Å². The number of aliphatic hydroxyl groups excluding tert-OH is 1. The fourth-order valence-electron chi connectivity index (χ4n) is 7.27. The van der Waals surface area contributed by atoms with Gasteiger partial charge in [0.15, 0.2) is 0 Å². The Labute approximate surface area is 246 Å². The molecule has 3 aliphatic rings. The van der Waals surface area contributed by atoms with Crippen molar-refractivity contribution in [3.63, 3.8) is 0 Å². The number of rotatable bonds is 11. The predicted molar refractivity (Wildman–Crippen MR) is 162 cm³/mol. The molecule has 6 atom stereocenters. The third-order valence-electron chi connectivity index (χ3n) is 9.06. The van der Waals surface area contributed by atoms with E-state index in [1.54, 1.807) is 45.7 Å². The Hall–Kier alpha value is -3.36. The highest BCUT2D eigenvalue weighted by atomic mass is 32.2. The predicted octanol–water partition coefficient (Wildman–Crippen LogP) is 4.06. The molecule has 1 spiro atoms. The Bertz CT molecular complexity index is 1320. The van der Waals surface area contributed by atoms with Crippen LogP contribution < -0.4 is 0 Å². The van der Waals surface area contributed by atoms with Gasteiger partial charge in [0.1, 0.15) is 6.04 Å². The van der Waals surface area contributed by atoms with Gasteiger partial charge in [0, 0.05) is 31.4 Å². The van der Waals surface area contributed by atoms with Crippen molar-refractivity contribution in [1.29, 1.82) is 0 Å². The first-order valence-electron chi connectivity index (χ1n) is 14.2. The molecule has 3 aliphatic heterocycles. The summed E-state index contributed by atoms with van der Waals surface area (Å²) in [6.07, 6.45) is 4.76. The highest BCUT2D eigenvalue weighted by molar-refractivity contribution is 8.02. The van der Waals surface area contributed by atoms with Crippen molar-refractivity contribution in [2.45, 2.75) is 47.9 Å². The number of benzene rings is 2. The molecule has 3 amide bonds. The lowest BCUT2D eigenvalue weighted by molar-refractivity contribution is -0.147. The molecule has 0 saturated carbocycles. The van der Waals surface area contributed by atoms with Crippen LogP contribution in [0.1, 0.15) is 36.9 Å². The number of nitrogens with zero attached hydrogens (tertiary/aromatic N) is 3. The Morgan fingerprint density at radius 2 is 1.68 bits per heavy atom. The van der Waals surface area contributed by atoms with Crippen molar-refractivity contribution < 1.29 is 19.5 Å². The van der Waals surface area contributed by atoms with Crippen LogP contribution in [-0.2, 0) is 20.9 Å². The van der Waals surface area contributed by atoms with E-state index in [4.69, 9.17) is 0 Å². The number of fused-ring (bicyclic) bond motifs is 1. The zero-order chi connectivity index (χ0) is 29.4. The largest absolute Gasteiger partial charge is 0.394 e. The fourth-order valence-corrected chi connectivity index (χ4v) is 9.60. The number of carbonyl (C=O) groups excluding carboxylic acids is 3. The first-order valence-corrected chi connectivity index (χ1v) is 15.0. The van der Waals surface area contributed by atoms with Crippen LogP contribution in [0, 0.1) is 11.8 Å². The molecule has 3 heterocycles. The summed E-state index contributed by atoms with van der Waals surface area (Å²) >= 11 is 1.64. The molecule has 216 valence electrons. The fraction of sp³-hybridized carbons (Fsp3) is 0.424. The number of hydrogen-bond acceptors (Lipinski definition) is 5. The standard InChI is InChI=1S/C33H39N3O4S/c1-5-19-34(4)29(38)26-27-30(39)36(25(22-37)24-15-11-8-12-16-24)28(33(27)18-17-32(26,3)41-33)31(40)35(20-6-2)21-23-13-9-7-10-14-23/h5-16,25-28,37H,1-2,17-22H2,3-4H3/t25-,26-,27+,28?,32+,33?/m1/s1. The number of thioether (sulfide) groups is 1.